The van der Waals surface area contributed by atoms with Gasteiger partial charge in [-0.05, 0) is 62.5 Å². The van der Waals surface area contributed by atoms with Crippen molar-refractivity contribution in [1.29, 1.82) is 0 Å². The molecule has 0 N–H and O–H groups in total. The van der Waals surface area contributed by atoms with E-state index in [1.807, 2.05) is 36.4 Å². The zero-order valence-corrected chi connectivity index (χ0v) is 14.7. The number of allylic oxidation sites excluding steroid dienone is 3. The van der Waals surface area contributed by atoms with E-state index in [9.17, 15) is 0 Å². The maximum absolute atomic E-state index is 4.68. The van der Waals surface area contributed by atoms with Gasteiger partial charge in [0.05, 0.1) is 11.7 Å². The maximum Gasteiger partial charge on any atom is 0.0999 e. The van der Waals surface area contributed by atoms with Crippen LogP contribution < -0.4 is 0 Å². The lowest BCUT2D eigenvalue weighted by Gasteiger charge is -2.14. The van der Waals surface area contributed by atoms with Crippen LogP contribution in [0, 0.1) is 0 Å². The average molecular weight is 316 g/mol. The molecule has 0 spiro atoms. The zero-order chi connectivity index (χ0) is 16.9. The van der Waals surface area contributed by atoms with Crippen molar-refractivity contribution >= 4 is 5.69 Å². The second-order valence-electron chi connectivity index (χ2n) is 6.49. The largest absolute Gasteiger partial charge is 0.180 e. The van der Waals surface area contributed by atoms with E-state index in [0.29, 0.717) is 0 Å². The Morgan fingerprint density at radius 3 is 2.04 bits per heavy atom. The highest BCUT2D eigenvalue weighted by atomic mass is 15.1. The average Bonchev–Trinajstić information content (AvgIpc) is 2.87. The van der Waals surface area contributed by atoms with Crippen LogP contribution in [0.4, 0.5) is 5.69 Å². The van der Waals surface area contributed by atoms with E-state index in [0.717, 1.165) is 18.5 Å². The van der Waals surface area contributed by atoms with Crippen molar-refractivity contribution in [1.82, 2.24) is 0 Å². The number of hydrogen-bond acceptors (Lipinski definition) is 2. The molecule has 122 valence electrons. The van der Waals surface area contributed by atoms with E-state index in [1.165, 1.54) is 27.9 Å². The van der Waals surface area contributed by atoms with E-state index in [1.54, 1.807) is 0 Å². The molecule has 1 unspecified atom stereocenters. The Labute approximate surface area is 144 Å². The molecule has 2 heteroatoms. The predicted octanol–water partition coefficient (Wildman–Crippen LogP) is 6.96. The molecule has 2 aromatic rings. The number of rotatable bonds is 5. The van der Waals surface area contributed by atoms with Crippen LogP contribution in [-0.2, 0) is 0 Å². The van der Waals surface area contributed by atoms with E-state index >= 15 is 0 Å². The molecule has 2 aromatic carbocycles. The Hall–Kier alpha value is -2.48. The summed E-state index contributed by atoms with van der Waals surface area (Å²) in [7, 11) is 0. The molecule has 3 rings (SSSR count). The summed E-state index contributed by atoms with van der Waals surface area (Å²) in [5.41, 5.74) is 7.97. The molecule has 0 saturated carbocycles. The first-order valence-electron chi connectivity index (χ1n) is 8.51. The Balaban J connectivity index is 1.86. The van der Waals surface area contributed by atoms with Crippen molar-refractivity contribution in [3.05, 3.63) is 88.5 Å². The molecule has 0 heterocycles. The Kier molecular flexibility index (Phi) is 5.05. The van der Waals surface area contributed by atoms with Gasteiger partial charge >= 0.3 is 0 Å². The molecule has 0 aliphatic heterocycles. The topological polar surface area (TPSA) is 24.7 Å². The molecule has 24 heavy (non-hydrogen) atoms. The maximum atomic E-state index is 4.68. The van der Waals surface area contributed by atoms with Gasteiger partial charge in [0.1, 0.15) is 0 Å². The van der Waals surface area contributed by atoms with Crippen LogP contribution in [0.1, 0.15) is 45.2 Å². The molecule has 0 bridgehead atoms. The molecule has 0 radical (unpaired) electrons. The lowest BCUT2D eigenvalue weighted by Crippen LogP contribution is -1.98. The van der Waals surface area contributed by atoms with Gasteiger partial charge in [0.15, 0.2) is 0 Å². The number of hydrogen-bond donors (Lipinski definition) is 0. The quantitative estimate of drug-likeness (QED) is 0.533. The van der Waals surface area contributed by atoms with Gasteiger partial charge in [0.25, 0.3) is 0 Å². The van der Waals surface area contributed by atoms with Crippen LogP contribution in [0.3, 0.4) is 0 Å². The van der Waals surface area contributed by atoms with Gasteiger partial charge < -0.3 is 0 Å². The van der Waals surface area contributed by atoms with E-state index in [2.05, 4.69) is 55.3 Å². The molecule has 0 fully saturated rings. The minimum Gasteiger partial charge on any atom is -0.180 e. The fourth-order valence-corrected chi connectivity index (χ4v) is 3.16. The SMILES string of the molecule is CC1=C(C)C(C)=C(CC(N=Nc2ccccc2)c2ccccc2)C1. The number of azo groups is 1. The Bertz CT molecular complexity index is 783. The normalized spacial score (nSPS) is 16.3. The van der Waals surface area contributed by atoms with Crippen molar-refractivity contribution in [2.45, 2.75) is 39.7 Å². The fourth-order valence-electron chi connectivity index (χ4n) is 3.16. The second kappa shape index (κ2) is 7.39. The van der Waals surface area contributed by atoms with Crippen molar-refractivity contribution in [2.24, 2.45) is 10.2 Å². The molecule has 1 aliphatic rings. The van der Waals surface area contributed by atoms with Gasteiger partial charge in [-0.2, -0.15) is 10.2 Å². The molecule has 0 saturated heterocycles. The van der Waals surface area contributed by atoms with Crippen LogP contribution in [-0.4, -0.2) is 0 Å². The molecule has 0 aromatic heterocycles. The highest BCUT2D eigenvalue weighted by molar-refractivity contribution is 5.45. The van der Waals surface area contributed by atoms with Crippen LogP contribution >= 0.6 is 0 Å². The highest BCUT2D eigenvalue weighted by Crippen LogP contribution is 2.38. The summed E-state index contributed by atoms with van der Waals surface area (Å²) in [5.74, 6) is 0. The molecular weight excluding hydrogens is 292 g/mol. The Morgan fingerprint density at radius 1 is 0.833 bits per heavy atom. The van der Waals surface area contributed by atoms with Gasteiger partial charge in [0, 0.05) is 0 Å². The lowest BCUT2D eigenvalue weighted by atomic mass is 9.96. The summed E-state index contributed by atoms with van der Waals surface area (Å²) in [6, 6.07) is 20.5. The van der Waals surface area contributed by atoms with Crippen LogP contribution in [0.2, 0.25) is 0 Å². The summed E-state index contributed by atoms with van der Waals surface area (Å²) < 4.78 is 0. The van der Waals surface area contributed by atoms with Crippen molar-refractivity contribution in [2.75, 3.05) is 0 Å². The van der Waals surface area contributed by atoms with E-state index in [4.69, 9.17) is 0 Å². The van der Waals surface area contributed by atoms with E-state index in [-0.39, 0.29) is 6.04 Å². The van der Waals surface area contributed by atoms with Gasteiger partial charge in [-0.15, -0.1) is 0 Å². The molecule has 1 atom stereocenters. The summed E-state index contributed by atoms with van der Waals surface area (Å²) in [6.45, 7) is 6.69. The summed E-state index contributed by atoms with van der Waals surface area (Å²) in [6.07, 6.45) is 2.00. The lowest BCUT2D eigenvalue weighted by molar-refractivity contribution is 0.669. The van der Waals surface area contributed by atoms with Gasteiger partial charge in [-0.25, -0.2) is 0 Å². The first-order valence-corrected chi connectivity index (χ1v) is 8.51. The first kappa shape index (κ1) is 16.4. The van der Waals surface area contributed by atoms with Crippen molar-refractivity contribution in [3.8, 4) is 0 Å². The smallest absolute Gasteiger partial charge is 0.0999 e. The standard InChI is InChI=1S/C22H24N2/c1-16-14-20(18(3)17(16)2)15-22(19-10-6-4-7-11-19)24-23-21-12-8-5-9-13-21/h4-13,22H,14-15H2,1-3H3. The van der Waals surface area contributed by atoms with Crippen molar-refractivity contribution in [3.63, 3.8) is 0 Å². The third-order valence-electron chi connectivity index (χ3n) is 4.90. The Morgan fingerprint density at radius 2 is 1.46 bits per heavy atom. The minimum absolute atomic E-state index is 0.0649. The van der Waals surface area contributed by atoms with E-state index < -0.39 is 0 Å². The van der Waals surface area contributed by atoms with Crippen LogP contribution in [0.25, 0.3) is 0 Å². The summed E-state index contributed by atoms with van der Waals surface area (Å²) in [5, 5.41) is 9.16. The highest BCUT2D eigenvalue weighted by Gasteiger charge is 2.20. The zero-order valence-electron chi connectivity index (χ0n) is 14.7. The third-order valence-corrected chi connectivity index (χ3v) is 4.90. The van der Waals surface area contributed by atoms with Crippen LogP contribution in [0.5, 0.6) is 0 Å². The summed E-state index contributed by atoms with van der Waals surface area (Å²) >= 11 is 0. The van der Waals surface area contributed by atoms with Crippen LogP contribution in [0.15, 0.2) is 93.2 Å². The molecular formula is C22H24N2. The molecule has 0 amide bonds. The summed E-state index contributed by atoms with van der Waals surface area (Å²) in [4.78, 5) is 0. The van der Waals surface area contributed by atoms with Gasteiger partial charge in [-0.3, -0.25) is 0 Å². The van der Waals surface area contributed by atoms with Gasteiger partial charge in [-0.1, -0.05) is 59.7 Å². The minimum atomic E-state index is 0.0649. The third kappa shape index (κ3) is 3.70. The fraction of sp³-hybridized carbons (Fsp3) is 0.273. The monoisotopic (exact) mass is 316 g/mol. The number of benzene rings is 2. The number of nitrogens with zero attached hydrogens (tertiary/aromatic N) is 2. The van der Waals surface area contributed by atoms with Crippen molar-refractivity contribution < 1.29 is 0 Å². The molecule has 2 nitrogen and oxygen atoms in total. The second-order valence-corrected chi connectivity index (χ2v) is 6.49. The predicted molar refractivity (Wildman–Crippen MR) is 100 cm³/mol. The van der Waals surface area contributed by atoms with Gasteiger partial charge in [0.2, 0.25) is 0 Å². The molecule has 1 aliphatic carbocycles. The first-order chi connectivity index (χ1) is 11.6.